The molecule has 0 saturated carbocycles. The molecular weight excluding hydrogens is 344 g/mol. The first kappa shape index (κ1) is 17.5. The minimum Gasteiger partial charge on any atom is -0.482 e. The van der Waals surface area contributed by atoms with Crippen LogP contribution >= 0.6 is 0 Å². The van der Waals surface area contributed by atoms with E-state index in [4.69, 9.17) is 14.2 Å². The molecule has 0 bridgehead atoms. The highest BCUT2D eigenvalue weighted by Gasteiger charge is 2.31. The molecule has 2 aliphatic rings. The van der Waals surface area contributed by atoms with E-state index in [1.807, 2.05) is 42.5 Å². The van der Waals surface area contributed by atoms with Crippen LogP contribution in [0.15, 0.2) is 48.5 Å². The second-order valence-corrected chi connectivity index (χ2v) is 6.61. The summed E-state index contributed by atoms with van der Waals surface area (Å²) in [6.07, 6.45) is -0.387. The zero-order valence-electron chi connectivity index (χ0n) is 15.4. The van der Waals surface area contributed by atoms with E-state index in [9.17, 15) is 4.79 Å². The molecular formula is C21H23N2O4+. The molecule has 6 heteroatoms. The monoisotopic (exact) mass is 367 g/mol. The van der Waals surface area contributed by atoms with Crippen LogP contribution in [0, 0.1) is 0 Å². The first-order valence-electron chi connectivity index (χ1n) is 9.12. The zero-order valence-corrected chi connectivity index (χ0v) is 15.4. The van der Waals surface area contributed by atoms with Crippen molar-refractivity contribution in [3.63, 3.8) is 0 Å². The number of anilines is 1. The third kappa shape index (κ3) is 3.80. The second-order valence-electron chi connectivity index (χ2n) is 6.61. The van der Waals surface area contributed by atoms with Crippen LogP contribution in [0.3, 0.4) is 0 Å². The van der Waals surface area contributed by atoms with Crippen LogP contribution in [0.25, 0.3) is 0 Å². The van der Waals surface area contributed by atoms with Gasteiger partial charge in [-0.25, -0.2) is 0 Å². The van der Waals surface area contributed by atoms with E-state index in [0.29, 0.717) is 6.61 Å². The number of rotatable bonds is 3. The highest BCUT2D eigenvalue weighted by molar-refractivity contribution is 6.04. The number of carbonyl (C=O) groups is 1. The van der Waals surface area contributed by atoms with Gasteiger partial charge in [0.1, 0.15) is 19.4 Å². The van der Waals surface area contributed by atoms with Crippen molar-refractivity contribution in [2.75, 3.05) is 44.9 Å². The van der Waals surface area contributed by atoms with Gasteiger partial charge in [-0.15, -0.1) is 4.58 Å². The van der Waals surface area contributed by atoms with Crippen molar-refractivity contribution in [2.24, 2.45) is 0 Å². The smallest absolute Gasteiger partial charge is 0.482 e. The lowest BCUT2D eigenvalue weighted by molar-refractivity contribution is -0.415. The maximum absolute atomic E-state index is 12.4. The van der Waals surface area contributed by atoms with Gasteiger partial charge in [0.15, 0.2) is 6.61 Å². The molecule has 2 aliphatic heterocycles. The van der Waals surface area contributed by atoms with Gasteiger partial charge in [-0.3, -0.25) is 0 Å². The van der Waals surface area contributed by atoms with Gasteiger partial charge in [0.05, 0.1) is 18.8 Å². The Morgan fingerprint density at radius 3 is 2.70 bits per heavy atom. The summed E-state index contributed by atoms with van der Waals surface area (Å²) >= 11 is 0. The number of morpholine rings is 1. The van der Waals surface area contributed by atoms with Crippen molar-refractivity contribution in [1.82, 2.24) is 0 Å². The van der Waals surface area contributed by atoms with E-state index in [0.717, 1.165) is 54.6 Å². The number of benzene rings is 2. The van der Waals surface area contributed by atoms with Gasteiger partial charge in [0.2, 0.25) is 5.71 Å². The van der Waals surface area contributed by atoms with E-state index < -0.39 is 0 Å². The van der Waals surface area contributed by atoms with Gasteiger partial charge in [-0.2, -0.15) is 4.79 Å². The fraction of sp³-hybridized carbons (Fsp3) is 0.333. The predicted molar refractivity (Wildman–Crippen MR) is 102 cm³/mol. The van der Waals surface area contributed by atoms with Crippen LogP contribution in [-0.4, -0.2) is 56.3 Å². The number of hydrogen-bond acceptors (Lipinski definition) is 5. The lowest BCUT2D eigenvalue weighted by Crippen LogP contribution is -2.36. The van der Waals surface area contributed by atoms with Gasteiger partial charge in [0, 0.05) is 24.8 Å². The predicted octanol–water partition coefficient (Wildman–Crippen LogP) is 2.68. The molecule has 1 amide bonds. The summed E-state index contributed by atoms with van der Waals surface area (Å²) in [6.45, 7) is 3.85. The summed E-state index contributed by atoms with van der Waals surface area (Å²) in [5.74, 6) is 0.803. The Bertz CT molecular complexity index is 858. The average molecular weight is 367 g/mol. The molecule has 1 saturated heterocycles. The van der Waals surface area contributed by atoms with E-state index in [1.165, 1.54) is 4.58 Å². The summed E-state index contributed by atoms with van der Waals surface area (Å²) in [5.41, 5.74) is 3.83. The van der Waals surface area contributed by atoms with Crippen molar-refractivity contribution >= 4 is 17.5 Å². The number of amides is 1. The molecule has 0 aliphatic carbocycles. The van der Waals surface area contributed by atoms with Crippen molar-refractivity contribution in [1.29, 1.82) is 0 Å². The van der Waals surface area contributed by atoms with Crippen molar-refractivity contribution in [3.8, 4) is 5.75 Å². The van der Waals surface area contributed by atoms with E-state index in [-0.39, 0.29) is 12.7 Å². The normalized spacial score (nSPS) is 17.9. The number of nitrogens with zero attached hydrogens (tertiary/aromatic N) is 2. The van der Waals surface area contributed by atoms with E-state index in [2.05, 4.69) is 11.0 Å². The van der Waals surface area contributed by atoms with E-state index >= 15 is 0 Å². The second kappa shape index (κ2) is 7.80. The van der Waals surface area contributed by atoms with Crippen molar-refractivity contribution < 1.29 is 23.6 Å². The third-order valence-electron chi connectivity index (χ3n) is 4.90. The average Bonchev–Trinajstić information content (AvgIpc) is 3.16. The fourth-order valence-corrected chi connectivity index (χ4v) is 3.31. The van der Waals surface area contributed by atoms with Crippen LogP contribution in [0.5, 0.6) is 5.75 Å². The molecule has 0 atom stereocenters. The topological polar surface area (TPSA) is 51.0 Å². The maximum atomic E-state index is 12.4. The summed E-state index contributed by atoms with van der Waals surface area (Å²) in [7, 11) is 1.72. The van der Waals surface area contributed by atoms with Gasteiger partial charge in [-0.1, -0.05) is 30.3 Å². The van der Waals surface area contributed by atoms with Crippen molar-refractivity contribution in [3.05, 3.63) is 59.7 Å². The number of fused-ring (bicyclic) bond motifs is 1. The molecule has 0 aromatic heterocycles. The molecule has 0 radical (unpaired) electrons. The molecule has 2 aromatic rings. The van der Waals surface area contributed by atoms with Crippen LogP contribution in [-0.2, 0) is 16.1 Å². The van der Waals surface area contributed by atoms with Gasteiger partial charge in [-0.05, 0) is 17.7 Å². The summed E-state index contributed by atoms with van der Waals surface area (Å²) in [4.78, 5) is 14.7. The van der Waals surface area contributed by atoms with Crippen LogP contribution in [0.4, 0.5) is 10.5 Å². The molecule has 4 rings (SSSR count). The lowest BCUT2D eigenvalue weighted by atomic mass is 10.1. The number of ether oxygens (including phenoxy) is 3. The van der Waals surface area contributed by atoms with Gasteiger partial charge < -0.3 is 19.1 Å². The highest BCUT2D eigenvalue weighted by atomic mass is 16.6. The first-order chi connectivity index (χ1) is 13.2. The van der Waals surface area contributed by atoms with Crippen LogP contribution in [0.2, 0.25) is 0 Å². The quantitative estimate of drug-likeness (QED) is 0.781. The molecule has 0 spiro atoms. The largest absolute Gasteiger partial charge is 0.596 e. The van der Waals surface area contributed by atoms with Gasteiger partial charge in [0.25, 0.3) is 0 Å². The maximum Gasteiger partial charge on any atom is 0.596 e. The Hall–Kier alpha value is -2.86. The summed E-state index contributed by atoms with van der Waals surface area (Å²) in [6, 6.07) is 15.8. The summed E-state index contributed by atoms with van der Waals surface area (Å²) < 4.78 is 18.2. The Balaban J connectivity index is 1.49. The molecule has 2 heterocycles. The van der Waals surface area contributed by atoms with Gasteiger partial charge >= 0.3 is 6.09 Å². The molecule has 140 valence electrons. The lowest BCUT2D eigenvalue weighted by Gasteiger charge is -2.28. The first-order valence-corrected chi connectivity index (χ1v) is 9.12. The van der Waals surface area contributed by atoms with Crippen molar-refractivity contribution in [2.45, 2.75) is 6.61 Å². The standard InChI is InChI=1S/C21H23N2O4/c1-22(21(24)27-14-16-5-3-2-4-6-16)19-15-26-20-13-17(7-8-18(19)20)23-9-11-25-12-10-23/h2-8,13H,9-12,14-15H2,1H3/q+1. The number of hydrogen-bond donors (Lipinski definition) is 0. The molecule has 6 nitrogen and oxygen atoms in total. The Morgan fingerprint density at radius 2 is 1.93 bits per heavy atom. The molecule has 0 N–H and O–H groups in total. The van der Waals surface area contributed by atoms with Crippen LogP contribution in [0.1, 0.15) is 11.1 Å². The highest BCUT2D eigenvalue weighted by Crippen LogP contribution is 2.31. The van der Waals surface area contributed by atoms with Crippen LogP contribution < -0.4 is 9.64 Å². The minimum absolute atomic E-state index is 0.251. The Labute approximate surface area is 158 Å². The minimum atomic E-state index is -0.387. The van der Waals surface area contributed by atoms with E-state index in [1.54, 1.807) is 7.05 Å². The summed E-state index contributed by atoms with van der Waals surface area (Å²) in [5, 5.41) is 0. The molecule has 27 heavy (non-hydrogen) atoms. The third-order valence-corrected chi connectivity index (χ3v) is 4.90. The zero-order chi connectivity index (χ0) is 18.6. The molecule has 1 fully saturated rings. The Kier molecular flexibility index (Phi) is 5.07. The SMILES string of the molecule is C/[N+](C(=O)OCc1ccccc1)=C1\COc2cc(N3CCOCC3)ccc21. The number of carbonyl (C=O) groups excluding carboxylic acids is 1. The Morgan fingerprint density at radius 1 is 1.15 bits per heavy atom. The molecule has 0 unspecified atom stereocenters. The fourth-order valence-electron chi connectivity index (χ4n) is 3.31. The molecule has 2 aromatic carbocycles.